The van der Waals surface area contributed by atoms with Crippen LogP contribution < -0.4 is 0 Å². The summed E-state index contributed by atoms with van der Waals surface area (Å²) in [5.74, 6) is -2.96. The molecular formula is C11H16O4. The molecule has 0 aromatic rings. The molecule has 0 aliphatic heterocycles. The highest BCUT2D eigenvalue weighted by molar-refractivity contribution is 5.80. The quantitative estimate of drug-likeness (QED) is 0.687. The molecule has 0 fully saturated rings. The fourth-order valence-corrected chi connectivity index (χ4v) is 1.72. The molecule has 84 valence electrons. The van der Waals surface area contributed by atoms with E-state index in [0.29, 0.717) is 0 Å². The topological polar surface area (TPSA) is 74.6 Å². The zero-order valence-corrected chi connectivity index (χ0v) is 8.56. The van der Waals surface area contributed by atoms with Gasteiger partial charge < -0.3 is 10.2 Å². The van der Waals surface area contributed by atoms with E-state index in [9.17, 15) is 14.7 Å². The largest absolute Gasteiger partial charge is 0.481 e. The van der Waals surface area contributed by atoms with Crippen molar-refractivity contribution in [2.75, 3.05) is 0 Å². The Balaban J connectivity index is 3.26. The summed E-state index contributed by atoms with van der Waals surface area (Å²) in [6.07, 6.45) is 2.70. The van der Waals surface area contributed by atoms with Crippen LogP contribution in [-0.2, 0) is 9.59 Å². The third-order valence-corrected chi connectivity index (χ3v) is 3.06. The van der Waals surface area contributed by atoms with Crippen LogP contribution in [0.5, 0.6) is 0 Å². The Morgan fingerprint density at radius 1 is 1.47 bits per heavy atom. The summed E-state index contributed by atoms with van der Waals surface area (Å²) < 4.78 is 14.9. The highest BCUT2D eigenvalue weighted by Crippen LogP contribution is 2.48. The molecule has 1 rings (SSSR count). The maximum atomic E-state index is 11.4. The summed E-state index contributed by atoms with van der Waals surface area (Å²) in [4.78, 5) is 22.3. The van der Waals surface area contributed by atoms with Gasteiger partial charge in [-0.25, -0.2) is 0 Å². The molecule has 4 heteroatoms. The van der Waals surface area contributed by atoms with Crippen molar-refractivity contribution >= 4 is 11.9 Å². The van der Waals surface area contributed by atoms with Crippen LogP contribution in [0.4, 0.5) is 0 Å². The fraction of sp³-hybridized carbons (Fsp3) is 0.636. The molecule has 0 saturated heterocycles. The zero-order valence-electron chi connectivity index (χ0n) is 10.6. The van der Waals surface area contributed by atoms with E-state index >= 15 is 0 Å². The lowest BCUT2D eigenvalue weighted by atomic mass is 9.59. The van der Waals surface area contributed by atoms with Gasteiger partial charge in [-0.3, -0.25) is 9.59 Å². The number of carboxylic acids is 2. The summed E-state index contributed by atoms with van der Waals surface area (Å²) in [6.45, 7) is 0.967. The predicted octanol–water partition coefficient (Wildman–Crippen LogP) is 1.76. The van der Waals surface area contributed by atoms with E-state index in [0.717, 1.165) is 0 Å². The van der Waals surface area contributed by atoms with Crippen molar-refractivity contribution in [2.24, 2.45) is 16.7 Å². The molecule has 1 aliphatic carbocycles. The first-order valence-corrected chi connectivity index (χ1v) is 4.57. The van der Waals surface area contributed by atoms with Crippen molar-refractivity contribution in [1.29, 1.82) is 0 Å². The molecule has 1 aliphatic rings. The Labute approximate surface area is 91.4 Å². The number of hydrogen-bond donors (Lipinski definition) is 2. The second-order valence-corrected chi connectivity index (χ2v) is 4.35. The second-order valence-electron chi connectivity index (χ2n) is 4.35. The van der Waals surface area contributed by atoms with Gasteiger partial charge in [0.25, 0.3) is 0 Å². The number of aliphatic carboxylic acids is 2. The minimum atomic E-state index is -1.46. The Bertz CT molecular complexity index is 368. The van der Waals surface area contributed by atoms with E-state index in [4.69, 9.17) is 7.85 Å². The Kier molecular flexibility index (Phi) is 2.01. The van der Waals surface area contributed by atoms with Crippen molar-refractivity contribution < 1.29 is 22.5 Å². The zero-order chi connectivity index (χ0) is 13.3. The summed E-state index contributed by atoms with van der Waals surface area (Å²) in [5.41, 5.74) is -2.49. The molecular weight excluding hydrogens is 196 g/mol. The fourth-order valence-electron chi connectivity index (χ4n) is 1.72. The first-order valence-electron chi connectivity index (χ1n) is 5.98. The third-order valence-electron chi connectivity index (χ3n) is 3.06. The van der Waals surface area contributed by atoms with Gasteiger partial charge in [-0.2, -0.15) is 0 Å². The van der Waals surface area contributed by atoms with Crippen LogP contribution in [-0.4, -0.2) is 22.2 Å². The van der Waals surface area contributed by atoms with E-state index in [1.807, 2.05) is 0 Å². The number of hydrogen-bond acceptors (Lipinski definition) is 2. The van der Waals surface area contributed by atoms with Crippen molar-refractivity contribution in [2.45, 2.75) is 27.1 Å². The molecule has 0 radical (unpaired) electrons. The minimum Gasteiger partial charge on any atom is -0.481 e. The summed E-state index contributed by atoms with van der Waals surface area (Å²) in [5, 5.41) is 18.2. The lowest BCUT2D eigenvalue weighted by molar-refractivity contribution is -0.155. The molecule has 0 spiro atoms. The SMILES string of the molecule is [2H]C[C@]1(C)CC(C(=O)O)C=C[C@@]1(C[2H])C(=O)O. The van der Waals surface area contributed by atoms with Crippen LogP contribution in [0, 0.1) is 16.7 Å². The van der Waals surface area contributed by atoms with E-state index in [-0.39, 0.29) is 20.2 Å². The summed E-state index contributed by atoms with van der Waals surface area (Å²) in [6, 6.07) is 0. The maximum Gasteiger partial charge on any atom is 0.313 e. The molecule has 0 aromatic carbocycles. The highest BCUT2D eigenvalue weighted by atomic mass is 16.4. The van der Waals surface area contributed by atoms with Crippen LogP contribution in [0.1, 0.15) is 29.9 Å². The average molecular weight is 214 g/mol. The molecule has 4 nitrogen and oxygen atoms in total. The second kappa shape index (κ2) is 3.36. The Morgan fingerprint density at radius 3 is 2.53 bits per heavy atom. The maximum absolute atomic E-state index is 11.4. The monoisotopic (exact) mass is 214 g/mol. The Hall–Kier alpha value is -1.32. The van der Waals surface area contributed by atoms with Gasteiger partial charge in [-0.1, -0.05) is 26.0 Å². The van der Waals surface area contributed by atoms with Crippen LogP contribution in [0.25, 0.3) is 0 Å². The van der Waals surface area contributed by atoms with E-state index in [2.05, 4.69) is 0 Å². The van der Waals surface area contributed by atoms with Crippen molar-refractivity contribution in [3.05, 3.63) is 12.2 Å². The standard InChI is InChI=1S/C11H16O4/c1-10(2)6-7(8(12)13)4-5-11(10,3)9(14)15/h4-5,7H,6H2,1-3H3,(H,12,13)(H,14,15)/t7?,11-/m0/s1/i1D,3D/t7?,10-,11-. The lowest BCUT2D eigenvalue weighted by Gasteiger charge is -2.43. The van der Waals surface area contributed by atoms with Gasteiger partial charge in [0.05, 0.1) is 11.3 Å². The van der Waals surface area contributed by atoms with E-state index in [1.54, 1.807) is 6.92 Å². The minimum absolute atomic E-state index is 0.0769. The van der Waals surface area contributed by atoms with E-state index < -0.39 is 28.7 Å². The highest BCUT2D eigenvalue weighted by Gasteiger charge is 2.49. The lowest BCUT2D eigenvalue weighted by Crippen LogP contribution is -2.45. The van der Waals surface area contributed by atoms with Gasteiger partial charge >= 0.3 is 11.9 Å². The summed E-state index contributed by atoms with van der Waals surface area (Å²) >= 11 is 0. The smallest absolute Gasteiger partial charge is 0.313 e. The van der Waals surface area contributed by atoms with Gasteiger partial charge in [0.1, 0.15) is 0 Å². The van der Waals surface area contributed by atoms with Crippen LogP contribution in [0.15, 0.2) is 12.2 Å². The van der Waals surface area contributed by atoms with Crippen molar-refractivity contribution in [3.8, 4) is 0 Å². The number of carbonyl (C=O) groups is 2. The van der Waals surface area contributed by atoms with Crippen LogP contribution in [0.3, 0.4) is 0 Å². The number of rotatable bonds is 2. The predicted molar refractivity (Wildman–Crippen MR) is 54.4 cm³/mol. The molecule has 0 heterocycles. The van der Waals surface area contributed by atoms with Gasteiger partial charge in [-0.15, -0.1) is 0 Å². The molecule has 15 heavy (non-hydrogen) atoms. The molecule has 0 bridgehead atoms. The number of carboxylic acid groups (broad SMARTS) is 2. The first kappa shape index (κ1) is 8.95. The van der Waals surface area contributed by atoms with Gasteiger partial charge in [0.2, 0.25) is 0 Å². The molecule has 0 amide bonds. The van der Waals surface area contributed by atoms with E-state index in [1.165, 1.54) is 12.2 Å². The third kappa shape index (κ3) is 1.76. The molecule has 1 unspecified atom stereocenters. The molecule has 2 N–H and O–H groups in total. The average Bonchev–Trinajstić information content (AvgIpc) is 2.28. The first-order chi connectivity index (χ1) is 7.83. The van der Waals surface area contributed by atoms with Crippen LogP contribution in [0.2, 0.25) is 0 Å². The van der Waals surface area contributed by atoms with Crippen molar-refractivity contribution in [1.82, 2.24) is 0 Å². The summed E-state index contributed by atoms with van der Waals surface area (Å²) in [7, 11) is 0. The normalized spacial score (nSPS) is 41.8. The van der Waals surface area contributed by atoms with Crippen molar-refractivity contribution in [3.63, 3.8) is 0 Å². The van der Waals surface area contributed by atoms with Crippen LogP contribution >= 0.6 is 0 Å². The molecule has 0 aromatic heterocycles. The molecule has 3 atom stereocenters. The Morgan fingerprint density at radius 2 is 2.13 bits per heavy atom. The van der Waals surface area contributed by atoms with Gasteiger partial charge in [-0.05, 0) is 18.7 Å². The molecule has 0 saturated carbocycles. The van der Waals surface area contributed by atoms with Gasteiger partial charge in [0, 0.05) is 2.74 Å². The van der Waals surface area contributed by atoms with Gasteiger partial charge in [0.15, 0.2) is 0 Å².